The molecule has 0 radical (unpaired) electrons. The molecule has 3 N–H and O–H groups in total. The number of anilines is 2. The number of aliphatic hydroxyl groups is 1. The summed E-state index contributed by atoms with van der Waals surface area (Å²) in [5, 5.41) is 14.3. The molecule has 8 nitrogen and oxygen atoms in total. The fourth-order valence-corrected chi connectivity index (χ4v) is 5.46. The highest BCUT2D eigenvalue weighted by molar-refractivity contribution is 7.16. The lowest BCUT2D eigenvalue weighted by molar-refractivity contribution is 0.0825. The second-order valence-electron chi connectivity index (χ2n) is 8.89. The van der Waals surface area contributed by atoms with Crippen LogP contribution in [0.2, 0.25) is 0 Å². The Bertz CT molecular complexity index is 1380. The zero-order valence-corrected chi connectivity index (χ0v) is 19.5. The molecular formula is C25H26N6O2S. The number of urea groups is 1. The molecule has 2 aliphatic heterocycles. The van der Waals surface area contributed by atoms with Crippen molar-refractivity contribution in [3.8, 4) is 0 Å². The van der Waals surface area contributed by atoms with Gasteiger partial charge in [0, 0.05) is 49.1 Å². The number of hydrogen-bond acceptors (Lipinski definition) is 6. The van der Waals surface area contributed by atoms with Crippen LogP contribution in [0.4, 0.5) is 16.2 Å². The molecule has 4 aromatic rings. The molecule has 0 bridgehead atoms. The van der Waals surface area contributed by atoms with Crippen LogP contribution in [-0.2, 0) is 0 Å². The third-order valence-corrected chi connectivity index (χ3v) is 7.49. The van der Waals surface area contributed by atoms with Crippen LogP contribution in [0.15, 0.2) is 48.1 Å². The first-order chi connectivity index (χ1) is 16.6. The van der Waals surface area contributed by atoms with E-state index in [-0.39, 0.29) is 12.1 Å². The fourth-order valence-electron chi connectivity index (χ4n) is 4.74. The molecular weight excluding hydrogens is 448 g/mol. The van der Waals surface area contributed by atoms with Crippen LogP contribution in [0.25, 0.3) is 26.8 Å². The average Bonchev–Trinajstić information content (AvgIpc) is 3.52. The van der Waals surface area contributed by atoms with Crippen LogP contribution in [0.1, 0.15) is 25.0 Å². The predicted octanol–water partition coefficient (Wildman–Crippen LogP) is 4.58. The zero-order chi connectivity index (χ0) is 23.1. The van der Waals surface area contributed by atoms with Gasteiger partial charge in [-0.15, -0.1) is 11.3 Å². The van der Waals surface area contributed by atoms with E-state index in [4.69, 9.17) is 0 Å². The quantitative estimate of drug-likeness (QED) is 0.404. The Morgan fingerprint density at radius 1 is 1.12 bits per heavy atom. The molecule has 0 atom stereocenters. The molecule has 5 heterocycles. The van der Waals surface area contributed by atoms with Crippen molar-refractivity contribution >= 4 is 55.6 Å². The summed E-state index contributed by atoms with van der Waals surface area (Å²) >= 11 is 1.63. The Balaban J connectivity index is 1.19. The minimum atomic E-state index is -0.275. The number of likely N-dealkylation sites (tertiary alicyclic amines) is 1. The highest BCUT2D eigenvalue weighted by Crippen LogP contribution is 2.31. The number of H-pyrrole nitrogens is 1. The van der Waals surface area contributed by atoms with E-state index in [1.165, 1.54) is 5.57 Å². The van der Waals surface area contributed by atoms with Gasteiger partial charge in [-0.25, -0.2) is 14.8 Å². The first-order valence-corrected chi connectivity index (χ1v) is 12.5. The zero-order valence-electron chi connectivity index (χ0n) is 18.7. The van der Waals surface area contributed by atoms with Crippen molar-refractivity contribution in [3.05, 3.63) is 53.8 Å². The molecule has 0 aliphatic carbocycles. The number of nitrogens with zero attached hydrogens (tertiary/aromatic N) is 4. The van der Waals surface area contributed by atoms with E-state index < -0.39 is 0 Å². The van der Waals surface area contributed by atoms with Crippen LogP contribution in [0.5, 0.6) is 0 Å². The van der Waals surface area contributed by atoms with Crippen LogP contribution in [-0.4, -0.2) is 68.2 Å². The number of aliphatic hydroxyl groups excluding tert-OH is 1. The normalized spacial score (nSPS) is 17.4. The van der Waals surface area contributed by atoms with E-state index >= 15 is 0 Å². The minimum absolute atomic E-state index is 0.0740. The summed E-state index contributed by atoms with van der Waals surface area (Å²) in [6.45, 7) is 2.54. The standard InChI is InChI=1S/C25H26N6O2S/c32-18-6-11-31(12-7-18)25(33)30-9-4-16(5-10-30)22-14-19-20(3-8-26-24(19)29-22)28-17-1-2-21-23(13-17)34-15-27-21/h1-4,8,13-15,18,32H,5-7,9-12H2,(H2,26,28,29). The van der Waals surface area contributed by atoms with Gasteiger partial charge in [0.1, 0.15) is 5.65 Å². The third-order valence-electron chi connectivity index (χ3n) is 6.70. The van der Waals surface area contributed by atoms with Crippen LogP contribution in [0, 0.1) is 0 Å². The number of amides is 2. The number of benzene rings is 1. The first kappa shape index (κ1) is 21.1. The molecule has 34 heavy (non-hydrogen) atoms. The van der Waals surface area contributed by atoms with Crippen LogP contribution >= 0.6 is 11.3 Å². The number of fused-ring (bicyclic) bond motifs is 2. The molecule has 1 fully saturated rings. The second kappa shape index (κ2) is 8.73. The van der Waals surface area contributed by atoms with E-state index in [1.807, 2.05) is 33.5 Å². The van der Waals surface area contributed by atoms with Crippen molar-refractivity contribution < 1.29 is 9.90 Å². The van der Waals surface area contributed by atoms with Crippen molar-refractivity contribution in [1.82, 2.24) is 24.8 Å². The summed E-state index contributed by atoms with van der Waals surface area (Å²) in [7, 11) is 0. The maximum atomic E-state index is 12.8. The lowest BCUT2D eigenvalue weighted by Crippen LogP contribution is -2.48. The lowest BCUT2D eigenvalue weighted by atomic mass is 10.0. The molecule has 0 unspecified atom stereocenters. The monoisotopic (exact) mass is 474 g/mol. The predicted molar refractivity (Wildman–Crippen MR) is 135 cm³/mol. The van der Waals surface area contributed by atoms with E-state index in [0.29, 0.717) is 39.0 Å². The van der Waals surface area contributed by atoms with E-state index in [2.05, 4.69) is 38.5 Å². The average molecular weight is 475 g/mol. The summed E-state index contributed by atoms with van der Waals surface area (Å²) in [6.07, 6.45) is 5.79. The second-order valence-corrected chi connectivity index (χ2v) is 9.78. The van der Waals surface area contributed by atoms with Gasteiger partial charge in [0.25, 0.3) is 0 Å². The molecule has 1 aromatic carbocycles. The SMILES string of the molecule is O=C(N1CC=C(c2cc3c(Nc4ccc5ncsc5c4)ccnc3[nH]2)CC1)N1CCC(O)CC1. The minimum Gasteiger partial charge on any atom is -0.393 e. The number of carbonyl (C=O) groups is 1. The van der Waals surface area contributed by atoms with Crippen LogP contribution < -0.4 is 5.32 Å². The topological polar surface area (TPSA) is 97.4 Å². The van der Waals surface area contributed by atoms with Crippen molar-refractivity contribution in [2.24, 2.45) is 0 Å². The molecule has 1 saturated heterocycles. The molecule has 3 aromatic heterocycles. The molecule has 0 saturated carbocycles. The highest BCUT2D eigenvalue weighted by atomic mass is 32.1. The third kappa shape index (κ3) is 4.01. The van der Waals surface area contributed by atoms with Gasteiger partial charge in [0.05, 0.1) is 27.5 Å². The summed E-state index contributed by atoms with van der Waals surface area (Å²) in [6, 6.07) is 10.4. The Morgan fingerprint density at radius 2 is 2.00 bits per heavy atom. The number of thiazole rings is 1. The number of aromatic nitrogens is 3. The van der Waals surface area contributed by atoms with Gasteiger partial charge in [-0.1, -0.05) is 6.08 Å². The molecule has 0 spiro atoms. The fraction of sp³-hybridized carbons (Fsp3) is 0.320. The highest BCUT2D eigenvalue weighted by Gasteiger charge is 2.27. The van der Waals surface area contributed by atoms with Gasteiger partial charge in [-0.2, -0.15) is 0 Å². The van der Waals surface area contributed by atoms with Gasteiger partial charge in [-0.05, 0) is 55.2 Å². The Morgan fingerprint density at radius 3 is 2.82 bits per heavy atom. The van der Waals surface area contributed by atoms with Gasteiger partial charge in [-0.3, -0.25) is 0 Å². The maximum absolute atomic E-state index is 12.8. The molecule has 6 rings (SSSR count). The summed E-state index contributed by atoms with van der Waals surface area (Å²) < 4.78 is 1.15. The molecule has 174 valence electrons. The van der Waals surface area contributed by atoms with E-state index in [0.717, 1.165) is 44.7 Å². The number of pyridine rings is 1. The van der Waals surface area contributed by atoms with E-state index in [9.17, 15) is 9.90 Å². The summed E-state index contributed by atoms with van der Waals surface area (Å²) in [5.74, 6) is 0. The first-order valence-electron chi connectivity index (χ1n) is 11.6. The molecule has 2 amide bonds. The number of hydrogen-bond donors (Lipinski definition) is 3. The number of piperidine rings is 1. The largest absolute Gasteiger partial charge is 0.393 e. The number of rotatable bonds is 3. The lowest BCUT2D eigenvalue weighted by Gasteiger charge is -2.35. The Labute approximate surface area is 200 Å². The van der Waals surface area contributed by atoms with Gasteiger partial charge in [0.2, 0.25) is 0 Å². The van der Waals surface area contributed by atoms with Crippen molar-refractivity contribution in [2.45, 2.75) is 25.4 Å². The number of carbonyl (C=O) groups excluding carboxylic acids is 1. The number of aromatic amines is 1. The summed E-state index contributed by atoms with van der Waals surface area (Å²) in [5.41, 5.74) is 7.97. The molecule has 2 aliphatic rings. The smallest absolute Gasteiger partial charge is 0.320 e. The Kier molecular flexibility index (Phi) is 5.43. The van der Waals surface area contributed by atoms with Gasteiger partial charge in [0.15, 0.2) is 0 Å². The maximum Gasteiger partial charge on any atom is 0.320 e. The van der Waals surface area contributed by atoms with Crippen molar-refractivity contribution in [3.63, 3.8) is 0 Å². The van der Waals surface area contributed by atoms with Gasteiger partial charge >= 0.3 is 6.03 Å². The van der Waals surface area contributed by atoms with Crippen LogP contribution in [0.3, 0.4) is 0 Å². The number of nitrogens with one attached hydrogen (secondary N) is 2. The van der Waals surface area contributed by atoms with Crippen molar-refractivity contribution in [2.75, 3.05) is 31.5 Å². The Hall–Kier alpha value is -3.43. The summed E-state index contributed by atoms with van der Waals surface area (Å²) in [4.78, 5) is 28.9. The van der Waals surface area contributed by atoms with Crippen molar-refractivity contribution in [1.29, 1.82) is 0 Å². The molecule has 9 heteroatoms. The van der Waals surface area contributed by atoms with Gasteiger partial charge < -0.3 is 25.2 Å². The van der Waals surface area contributed by atoms with E-state index in [1.54, 1.807) is 17.5 Å².